The van der Waals surface area contributed by atoms with Crippen LogP contribution in [0.25, 0.3) is 0 Å². The van der Waals surface area contributed by atoms with E-state index in [0.29, 0.717) is 38.5 Å². The highest BCUT2D eigenvalue weighted by Gasteiger charge is 2.55. The summed E-state index contributed by atoms with van der Waals surface area (Å²) >= 11 is 0. The third-order valence-corrected chi connectivity index (χ3v) is 9.43. The largest absolute Gasteiger partial charge is 0.456 e. The number of Topliss-reactive ketones (excluding diaryl/α,β-unsaturated/α-hetero) is 1. The molecule has 1 saturated carbocycles. The summed E-state index contributed by atoms with van der Waals surface area (Å²) < 4.78 is 28.0. The van der Waals surface area contributed by atoms with Crippen molar-refractivity contribution in [1.29, 1.82) is 0 Å². The molecule has 6 unspecified atom stereocenters. The first kappa shape index (κ1) is 36.3. The molecule has 0 aromatic carbocycles. The molecule has 0 aromatic heterocycles. The number of ether oxygens (including phenoxy) is 5. The van der Waals surface area contributed by atoms with Crippen LogP contribution in [0.3, 0.4) is 0 Å². The number of methoxy groups -OCH3 is 3. The van der Waals surface area contributed by atoms with Crippen LogP contribution in [0.1, 0.15) is 78.1 Å². The highest BCUT2D eigenvalue weighted by molar-refractivity contribution is 6.39. The number of aliphatic hydroxyl groups is 2. The maximum absolute atomic E-state index is 13.7. The molecule has 3 rings (SSSR count). The lowest BCUT2D eigenvalue weighted by Gasteiger charge is -2.44. The van der Waals surface area contributed by atoms with Crippen molar-refractivity contribution in [2.75, 3.05) is 34.5 Å². The third-order valence-electron chi connectivity index (χ3n) is 9.43. The molecule has 3 fully saturated rings. The summed E-state index contributed by atoms with van der Waals surface area (Å²) in [5.74, 6) is -5.57. The van der Waals surface area contributed by atoms with Gasteiger partial charge in [0.2, 0.25) is 5.79 Å². The number of ketones is 1. The third kappa shape index (κ3) is 8.76. The summed E-state index contributed by atoms with van der Waals surface area (Å²) in [4.78, 5) is 42.2. The maximum atomic E-state index is 13.7. The van der Waals surface area contributed by atoms with E-state index < -0.39 is 59.8 Å². The van der Waals surface area contributed by atoms with Gasteiger partial charge in [-0.05, 0) is 82.6 Å². The highest BCUT2D eigenvalue weighted by atomic mass is 16.7. The topological polar surface area (TPSA) is 141 Å². The van der Waals surface area contributed by atoms with Gasteiger partial charge in [-0.25, -0.2) is 4.79 Å². The van der Waals surface area contributed by atoms with Crippen LogP contribution in [0.5, 0.6) is 0 Å². The number of nitrogens with zero attached hydrogens (tertiary/aromatic N) is 1. The second kappa shape index (κ2) is 17.0. The van der Waals surface area contributed by atoms with Crippen molar-refractivity contribution < 1.29 is 48.3 Å². The molecule has 1 amide bonds. The van der Waals surface area contributed by atoms with Gasteiger partial charge in [-0.1, -0.05) is 19.1 Å². The second-order valence-electron chi connectivity index (χ2n) is 12.5. The molecule has 2 N–H and O–H groups in total. The van der Waals surface area contributed by atoms with Crippen molar-refractivity contribution in [1.82, 2.24) is 4.90 Å². The Morgan fingerprint density at radius 3 is 2.48 bits per heavy atom. The van der Waals surface area contributed by atoms with Crippen LogP contribution in [-0.4, -0.2) is 110 Å². The second-order valence-corrected chi connectivity index (χ2v) is 12.5. The molecule has 9 atom stereocenters. The zero-order valence-corrected chi connectivity index (χ0v) is 27.1. The van der Waals surface area contributed by atoms with Gasteiger partial charge in [-0.2, -0.15) is 0 Å². The van der Waals surface area contributed by atoms with E-state index >= 15 is 0 Å². The number of amides is 1. The lowest BCUT2D eigenvalue weighted by molar-refractivity contribution is -0.291. The van der Waals surface area contributed by atoms with E-state index in [2.05, 4.69) is 12.7 Å². The first-order chi connectivity index (χ1) is 21.0. The van der Waals surface area contributed by atoms with E-state index in [4.69, 9.17) is 23.7 Å². The Kier molecular flexibility index (Phi) is 14.0. The average Bonchev–Trinajstić information content (AvgIpc) is 3.02. The van der Waals surface area contributed by atoms with E-state index in [1.807, 2.05) is 13.0 Å². The number of rotatable bonds is 14. The van der Waals surface area contributed by atoms with E-state index in [9.17, 15) is 24.6 Å². The van der Waals surface area contributed by atoms with Gasteiger partial charge < -0.3 is 38.8 Å². The van der Waals surface area contributed by atoms with Gasteiger partial charge in [0.25, 0.3) is 11.7 Å². The fourth-order valence-corrected chi connectivity index (χ4v) is 6.69. The van der Waals surface area contributed by atoms with Crippen LogP contribution in [-0.2, 0) is 38.1 Å². The average molecular weight is 624 g/mol. The lowest BCUT2D eigenvalue weighted by Crippen LogP contribution is -2.63. The zero-order valence-electron chi connectivity index (χ0n) is 27.1. The van der Waals surface area contributed by atoms with Gasteiger partial charge in [-0.15, -0.1) is 6.58 Å². The first-order valence-electron chi connectivity index (χ1n) is 16.0. The monoisotopic (exact) mass is 623 g/mol. The van der Waals surface area contributed by atoms with Gasteiger partial charge in [-0.3, -0.25) is 9.59 Å². The number of esters is 1. The minimum Gasteiger partial charge on any atom is -0.456 e. The number of hydrogen-bond donors (Lipinski definition) is 2. The highest BCUT2D eigenvalue weighted by Crippen LogP contribution is 2.36. The molecular formula is C33H53NO10. The number of allylic oxidation sites excluding steroid dienone is 2. The molecule has 44 heavy (non-hydrogen) atoms. The standard InChI is InChI=1S/C33H53NO10/c1-7-8-9-13-26(21(2)17-23-14-15-25(35)27(19-23)41-5)43-32(38)24-12-10-11-16-34(24)31(37)30(36)33(39)22(3)18-28(42-6)29(44-33)20-40-4/h7,17,22-29,35,39H,1,8-16,18-20H2,2-6H3/b21-17+/t22-,23+,24+,25?,26?,27?,28?,29?,33?/m1/s1. The number of unbranched alkanes of at least 4 members (excludes halogenated alkanes) is 1. The molecule has 0 spiro atoms. The number of piperidine rings is 1. The van der Waals surface area contributed by atoms with Crippen LogP contribution in [0.15, 0.2) is 24.3 Å². The molecular weight excluding hydrogens is 570 g/mol. The molecule has 0 radical (unpaired) electrons. The smallest absolute Gasteiger partial charge is 0.329 e. The molecule has 2 saturated heterocycles. The summed E-state index contributed by atoms with van der Waals surface area (Å²) in [6.07, 6.45) is 7.68. The van der Waals surface area contributed by atoms with Crippen molar-refractivity contribution in [2.24, 2.45) is 11.8 Å². The summed E-state index contributed by atoms with van der Waals surface area (Å²) in [6.45, 7) is 7.62. The van der Waals surface area contributed by atoms with Crippen LogP contribution in [0, 0.1) is 11.8 Å². The molecule has 3 aliphatic rings. The maximum Gasteiger partial charge on any atom is 0.329 e. The normalized spacial score (nSPS) is 33.8. The van der Waals surface area contributed by atoms with Gasteiger partial charge in [0.1, 0.15) is 18.2 Å². The van der Waals surface area contributed by atoms with E-state index in [1.165, 1.54) is 19.1 Å². The minimum atomic E-state index is -2.37. The predicted octanol–water partition coefficient (Wildman–Crippen LogP) is 3.10. The molecule has 2 aliphatic heterocycles. The van der Waals surface area contributed by atoms with E-state index in [-0.39, 0.29) is 31.6 Å². The minimum absolute atomic E-state index is 0.0708. The number of aliphatic hydroxyl groups excluding tert-OH is 1. The summed E-state index contributed by atoms with van der Waals surface area (Å²) in [7, 11) is 4.59. The van der Waals surface area contributed by atoms with Crippen molar-refractivity contribution in [3.8, 4) is 0 Å². The summed E-state index contributed by atoms with van der Waals surface area (Å²) in [6, 6.07) is -0.957. The van der Waals surface area contributed by atoms with Gasteiger partial charge in [0.15, 0.2) is 0 Å². The molecule has 250 valence electrons. The number of hydrogen-bond acceptors (Lipinski definition) is 10. The predicted molar refractivity (Wildman–Crippen MR) is 162 cm³/mol. The van der Waals surface area contributed by atoms with Gasteiger partial charge >= 0.3 is 5.97 Å². The number of carbonyl (C=O) groups is 3. The summed E-state index contributed by atoms with van der Waals surface area (Å²) in [5, 5.41) is 21.6. The van der Waals surface area contributed by atoms with E-state index in [0.717, 1.165) is 24.8 Å². The van der Waals surface area contributed by atoms with Crippen molar-refractivity contribution in [2.45, 2.75) is 120 Å². The molecule has 2 heterocycles. The summed E-state index contributed by atoms with van der Waals surface area (Å²) in [5.41, 5.74) is 0.902. The Bertz CT molecular complexity index is 1020. The Labute approximate surface area is 261 Å². The quantitative estimate of drug-likeness (QED) is 0.128. The fraction of sp³-hybridized carbons (Fsp3) is 0.788. The fourth-order valence-electron chi connectivity index (χ4n) is 6.69. The van der Waals surface area contributed by atoms with Gasteiger partial charge in [0.05, 0.1) is 24.9 Å². The SMILES string of the molecule is C=CCCCC(OC(=O)[C@@H]1CCCCN1C(=O)C(=O)C1(O)OC(COC)C(OC)C[C@H]1C)/C(C)=C/[C@@H]1CCC(O)C(OC)C1. The van der Waals surface area contributed by atoms with Crippen LogP contribution in [0.4, 0.5) is 0 Å². The molecule has 11 heteroatoms. The van der Waals surface area contributed by atoms with E-state index in [1.54, 1.807) is 14.0 Å². The molecule has 11 nitrogen and oxygen atoms in total. The Balaban J connectivity index is 1.77. The van der Waals surface area contributed by atoms with Crippen molar-refractivity contribution in [3.05, 3.63) is 24.3 Å². The first-order valence-corrected chi connectivity index (χ1v) is 16.0. The van der Waals surface area contributed by atoms with Gasteiger partial charge in [0, 0.05) is 33.8 Å². The zero-order chi connectivity index (χ0) is 32.4. The molecule has 1 aliphatic carbocycles. The number of carbonyl (C=O) groups excluding carboxylic acids is 3. The Morgan fingerprint density at radius 1 is 1.09 bits per heavy atom. The van der Waals surface area contributed by atoms with Crippen molar-refractivity contribution >= 4 is 17.7 Å². The molecule has 0 aromatic rings. The van der Waals surface area contributed by atoms with Crippen LogP contribution in [0.2, 0.25) is 0 Å². The Hall–Kier alpha value is -2.15. The van der Waals surface area contributed by atoms with Crippen LogP contribution < -0.4 is 0 Å². The lowest BCUT2D eigenvalue weighted by atomic mass is 9.83. The van der Waals surface area contributed by atoms with Crippen molar-refractivity contribution in [3.63, 3.8) is 0 Å². The van der Waals surface area contributed by atoms with Crippen LogP contribution >= 0.6 is 0 Å². The molecule has 0 bridgehead atoms. The number of likely N-dealkylation sites (tertiary alicyclic amines) is 1. The Morgan fingerprint density at radius 2 is 1.82 bits per heavy atom.